The van der Waals surface area contributed by atoms with E-state index in [1.165, 1.54) is 12.1 Å². The van der Waals surface area contributed by atoms with Crippen molar-refractivity contribution >= 4 is 33.8 Å². The van der Waals surface area contributed by atoms with Crippen LogP contribution in [0.3, 0.4) is 0 Å². The number of carbonyl (C=O) groups is 1. The summed E-state index contributed by atoms with van der Waals surface area (Å²) in [5, 5.41) is 11.3. The zero-order chi connectivity index (χ0) is 17.4. The molecule has 3 nitrogen and oxygen atoms in total. The average Bonchev–Trinajstić information content (AvgIpc) is 2.55. The van der Waals surface area contributed by atoms with E-state index in [0.717, 1.165) is 6.07 Å². The van der Waals surface area contributed by atoms with E-state index >= 15 is 0 Å². The fraction of sp³-hybridized carbons (Fsp3) is 0.0526. The third-order valence-electron chi connectivity index (χ3n) is 3.92. The van der Waals surface area contributed by atoms with Crippen LogP contribution < -0.4 is 5.73 Å². The molecule has 0 aliphatic rings. The van der Waals surface area contributed by atoms with Crippen LogP contribution in [0.4, 0.5) is 10.1 Å². The van der Waals surface area contributed by atoms with Crippen molar-refractivity contribution in [3.63, 3.8) is 0 Å². The Labute approximate surface area is 143 Å². The minimum atomic E-state index is -0.523. The Hall–Kier alpha value is -2.90. The van der Waals surface area contributed by atoms with E-state index in [9.17, 15) is 14.4 Å². The van der Waals surface area contributed by atoms with E-state index in [-0.39, 0.29) is 22.4 Å². The molecule has 5 heteroatoms. The van der Waals surface area contributed by atoms with Crippen molar-refractivity contribution in [1.29, 1.82) is 5.26 Å². The maximum Gasteiger partial charge on any atom is 0.196 e. The zero-order valence-electron chi connectivity index (χ0n) is 12.7. The number of rotatable bonds is 2. The first-order valence-corrected chi connectivity index (χ1v) is 7.53. The van der Waals surface area contributed by atoms with Crippen LogP contribution in [0.1, 0.15) is 27.0 Å². The van der Waals surface area contributed by atoms with Crippen molar-refractivity contribution in [2.24, 2.45) is 0 Å². The molecule has 2 N–H and O–H groups in total. The predicted octanol–water partition coefficient (Wildman–Crippen LogP) is 4.63. The lowest BCUT2D eigenvalue weighted by Crippen LogP contribution is -2.10. The van der Waals surface area contributed by atoms with Crippen LogP contribution >= 0.6 is 11.6 Å². The van der Waals surface area contributed by atoms with Gasteiger partial charge in [-0.1, -0.05) is 23.7 Å². The Morgan fingerprint density at radius 2 is 1.96 bits per heavy atom. The zero-order valence-corrected chi connectivity index (χ0v) is 13.5. The quantitative estimate of drug-likeness (QED) is 0.547. The van der Waals surface area contributed by atoms with E-state index in [1.807, 2.05) is 6.07 Å². The molecule has 0 radical (unpaired) electrons. The second-order valence-corrected chi connectivity index (χ2v) is 5.92. The smallest absolute Gasteiger partial charge is 0.196 e. The van der Waals surface area contributed by atoms with Crippen LogP contribution in [0.2, 0.25) is 5.02 Å². The van der Waals surface area contributed by atoms with Gasteiger partial charge in [0.15, 0.2) is 5.78 Å². The summed E-state index contributed by atoms with van der Waals surface area (Å²) in [7, 11) is 0. The second kappa shape index (κ2) is 5.95. The fourth-order valence-electron chi connectivity index (χ4n) is 2.72. The van der Waals surface area contributed by atoms with Gasteiger partial charge in [-0.2, -0.15) is 5.26 Å². The van der Waals surface area contributed by atoms with Gasteiger partial charge in [-0.05, 0) is 48.2 Å². The molecule has 3 aromatic rings. The summed E-state index contributed by atoms with van der Waals surface area (Å²) in [6.07, 6.45) is 0. The summed E-state index contributed by atoms with van der Waals surface area (Å²) in [6.45, 7) is 1.70. The molecule has 3 aromatic carbocycles. The van der Waals surface area contributed by atoms with Gasteiger partial charge < -0.3 is 5.73 Å². The number of nitrogens with two attached hydrogens (primary N) is 1. The van der Waals surface area contributed by atoms with Gasteiger partial charge >= 0.3 is 0 Å². The van der Waals surface area contributed by atoms with E-state index in [0.29, 0.717) is 21.4 Å². The van der Waals surface area contributed by atoms with E-state index < -0.39 is 11.6 Å². The summed E-state index contributed by atoms with van der Waals surface area (Å²) in [6, 6.07) is 12.6. The van der Waals surface area contributed by atoms with Gasteiger partial charge in [0.1, 0.15) is 11.9 Å². The molecule has 0 spiro atoms. The molecule has 0 saturated carbocycles. The Morgan fingerprint density at radius 3 is 2.67 bits per heavy atom. The highest BCUT2D eigenvalue weighted by atomic mass is 35.5. The number of benzene rings is 3. The van der Waals surface area contributed by atoms with Crippen LogP contribution in [0.15, 0.2) is 42.5 Å². The van der Waals surface area contributed by atoms with Gasteiger partial charge in [0.05, 0.1) is 11.1 Å². The molecule has 24 heavy (non-hydrogen) atoms. The third kappa shape index (κ3) is 2.60. The molecule has 0 aliphatic heterocycles. The number of carbonyl (C=O) groups excluding carboxylic acids is 1. The maximum absolute atomic E-state index is 13.5. The lowest BCUT2D eigenvalue weighted by Gasteiger charge is -2.12. The molecule has 0 aliphatic carbocycles. The standard InChI is InChI=1S/C19H12ClFN2O/c1-10-2-5-13(21)8-14(10)19(24)18-16(9-22)15-7-12(20)4-3-11(15)6-17(18)23/h2-8H,23H2,1H3. The van der Waals surface area contributed by atoms with Gasteiger partial charge in [-0.25, -0.2) is 4.39 Å². The largest absolute Gasteiger partial charge is 0.398 e. The molecular weight excluding hydrogens is 327 g/mol. The number of hydrogen-bond donors (Lipinski definition) is 1. The Bertz CT molecular complexity index is 1040. The Kier molecular flexibility index (Phi) is 3.96. The topological polar surface area (TPSA) is 66.9 Å². The number of anilines is 1. The normalized spacial score (nSPS) is 10.6. The summed E-state index contributed by atoms with van der Waals surface area (Å²) >= 11 is 6.01. The van der Waals surface area contributed by atoms with Crippen molar-refractivity contribution in [3.05, 3.63) is 75.6 Å². The van der Waals surface area contributed by atoms with Gasteiger partial charge in [-0.15, -0.1) is 0 Å². The molecule has 0 atom stereocenters. The number of nitriles is 1. The molecule has 0 unspecified atom stereocenters. The number of hydrogen-bond acceptors (Lipinski definition) is 3. The number of aryl methyl sites for hydroxylation is 1. The fourth-order valence-corrected chi connectivity index (χ4v) is 2.90. The third-order valence-corrected chi connectivity index (χ3v) is 4.15. The minimum absolute atomic E-state index is 0.0703. The summed E-state index contributed by atoms with van der Waals surface area (Å²) in [4.78, 5) is 12.9. The van der Waals surface area contributed by atoms with Crippen molar-refractivity contribution in [1.82, 2.24) is 0 Å². The highest BCUT2D eigenvalue weighted by Crippen LogP contribution is 2.31. The first-order chi connectivity index (χ1) is 11.4. The molecule has 0 fully saturated rings. The van der Waals surface area contributed by atoms with Gasteiger partial charge in [-0.3, -0.25) is 4.79 Å². The number of fused-ring (bicyclic) bond motifs is 1. The van der Waals surface area contributed by atoms with Crippen LogP contribution in [0.5, 0.6) is 0 Å². The van der Waals surface area contributed by atoms with E-state index in [2.05, 4.69) is 0 Å². The monoisotopic (exact) mass is 338 g/mol. The first-order valence-electron chi connectivity index (χ1n) is 7.15. The lowest BCUT2D eigenvalue weighted by molar-refractivity contribution is 0.103. The lowest BCUT2D eigenvalue weighted by atomic mass is 9.91. The molecule has 0 saturated heterocycles. The highest BCUT2D eigenvalue weighted by Gasteiger charge is 2.21. The molecule has 0 aromatic heterocycles. The van der Waals surface area contributed by atoms with Crippen LogP contribution in [-0.4, -0.2) is 5.78 Å². The molecule has 0 amide bonds. The van der Waals surface area contributed by atoms with E-state index in [1.54, 1.807) is 31.2 Å². The Morgan fingerprint density at radius 1 is 1.21 bits per heavy atom. The van der Waals surface area contributed by atoms with Crippen LogP contribution in [0, 0.1) is 24.1 Å². The summed E-state index contributed by atoms with van der Waals surface area (Å²) in [5.41, 5.74) is 7.20. The highest BCUT2D eigenvalue weighted by molar-refractivity contribution is 6.31. The van der Waals surface area contributed by atoms with Crippen LogP contribution in [0.25, 0.3) is 10.8 Å². The minimum Gasteiger partial charge on any atom is -0.398 e. The van der Waals surface area contributed by atoms with Crippen molar-refractivity contribution in [2.45, 2.75) is 6.92 Å². The SMILES string of the molecule is Cc1ccc(F)cc1C(=O)c1c(N)cc2ccc(Cl)cc2c1C#N. The van der Waals surface area contributed by atoms with Crippen molar-refractivity contribution in [2.75, 3.05) is 5.73 Å². The molecule has 3 rings (SSSR count). The summed E-state index contributed by atoms with van der Waals surface area (Å²) < 4.78 is 13.5. The number of ketones is 1. The number of nitrogens with zero attached hydrogens (tertiary/aromatic N) is 1. The van der Waals surface area contributed by atoms with Gasteiger partial charge in [0.2, 0.25) is 0 Å². The predicted molar refractivity (Wildman–Crippen MR) is 92.7 cm³/mol. The van der Waals surface area contributed by atoms with Gasteiger partial charge in [0.25, 0.3) is 0 Å². The molecular formula is C19H12ClFN2O. The van der Waals surface area contributed by atoms with Crippen molar-refractivity contribution < 1.29 is 9.18 Å². The first kappa shape index (κ1) is 16.0. The molecule has 118 valence electrons. The Balaban J connectivity index is 2.33. The number of halogens is 2. The molecule has 0 bridgehead atoms. The average molecular weight is 339 g/mol. The summed E-state index contributed by atoms with van der Waals surface area (Å²) in [5.74, 6) is -1.01. The van der Waals surface area contributed by atoms with E-state index in [4.69, 9.17) is 17.3 Å². The van der Waals surface area contributed by atoms with Crippen molar-refractivity contribution in [3.8, 4) is 6.07 Å². The molecule has 0 heterocycles. The van der Waals surface area contributed by atoms with Crippen LogP contribution in [-0.2, 0) is 0 Å². The van der Waals surface area contributed by atoms with Gasteiger partial charge in [0, 0.05) is 21.7 Å². The number of nitrogen functional groups attached to an aromatic ring is 1. The maximum atomic E-state index is 13.5. The second-order valence-electron chi connectivity index (χ2n) is 5.48.